The molecule has 2 rings (SSSR count). The van der Waals surface area contributed by atoms with Gasteiger partial charge in [-0.25, -0.2) is 0 Å². The van der Waals surface area contributed by atoms with E-state index in [9.17, 15) is 0 Å². The van der Waals surface area contributed by atoms with E-state index in [1.807, 2.05) is 0 Å². The van der Waals surface area contributed by atoms with Gasteiger partial charge in [0.2, 0.25) is 0 Å². The van der Waals surface area contributed by atoms with E-state index in [0.717, 1.165) is 6.42 Å². The first-order valence-electron chi connectivity index (χ1n) is 6.68. The van der Waals surface area contributed by atoms with Crippen molar-refractivity contribution >= 4 is 15.9 Å². The smallest absolute Gasteiger partial charge is 0.0212 e. The number of piperidine rings is 1. The lowest BCUT2D eigenvalue weighted by atomic mass is 9.95. The summed E-state index contributed by atoms with van der Waals surface area (Å²) in [7, 11) is 0. The maximum Gasteiger partial charge on any atom is 0.0212 e. The van der Waals surface area contributed by atoms with Crippen molar-refractivity contribution in [1.29, 1.82) is 0 Å². The van der Waals surface area contributed by atoms with Gasteiger partial charge >= 0.3 is 0 Å². The van der Waals surface area contributed by atoms with Crippen molar-refractivity contribution in [2.45, 2.75) is 51.5 Å². The van der Waals surface area contributed by atoms with E-state index in [1.54, 1.807) is 0 Å². The largest absolute Gasteiger partial charge is 0.314 e. The Balaban J connectivity index is 2.04. The molecule has 1 aliphatic rings. The van der Waals surface area contributed by atoms with Gasteiger partial charge in [0.05, 0.1) is 0 Å². The summed E-state index contributed by atoms with van der Waals surface area (Å²) in [6, 6.07) is 7.54. The fraction of sp³-hybridized carbons (Fsp3) is 0.600. The van der Waals surface area contributed by atoms with E-state index in [1.165, 1.54) is 41.4 Å². The predicted octanol–water partition coefficient (Wildman–Crippen LogP) is 4.26. The van der Waals surface area contributed by atoms with Crippen LogP contribution in [0.15, 0.2) is 22.7 Å². The normalized spacial score (nSPS) is 20.8. The third-order valence-corrected chi connectivity index (χ3v) is 4.27. The summed E-state index contributed by atoms with van der Waals surface area (Å²) < 4.78 is 1.26. The van der Waals surface area contributed by atoms with Gasteiger partial charge in [-0.05, 0) is 48.9 Å². The van der Waals surface area contributed by atoms with Crippen molar-refractivity contribution in [3.63, 3.8) is 0 Å². The second-order valence-corrected chi connectivity index (χ2v) is 6.22. The molecule has 0 aliphatic carbocycles. The van der Waals surface area contributed by atoms with Crippen molar-refractivity contribution in [1.82, 2.24) is 5.32 Å². The van der Waals surface area contributed by atoms with Gasteiger partial charge in [-0.2, -0.15) is 0 Å². The third-order valence-electron chi connectivity index (χ3n) is 3.58. The van der Waals surface area contributed by atoms with Crippen LogP contribution in [0.1, 0.15) is 50.2 Å². The highest BCUT2D eigenvalue weighted by Crippen LogP contribution is 2.26. The molecular weight excluding hydrogens is 274 g/mol. The molecule has 94 valence electrons. The Kier molecular flexibility index (Phi) is 4.63. The van der Waals surface area contributed by atoms with Gasteiger partial charge in [0.15, 0.2) is 0 Å². The van der Waals surface area contributed by atoms with Gasteiger partial charge in [0, 0.05) is 10.5 Å². The Bertz CT molecular complexity index is 367. The summed E-state index contributed by atoms with van der Waals surface area (Å²) in [5.41, 5.74) is 2.85. The molecule has 17 heavy (non-hydrogen) atoms. The molecular formula is C15H22BrN. The number of hydrogen-bond donors (Lipinski definition) is 1. The van der Waals surface area contributed by atoms with E-state index in [0.29, 0.717) is 12.0 Å². The molecule has 1 aliphatic heterocycles. The second-order valence-electron chi connectivity index (χ2n) is 5.36. The van der Waals surface area contributed by atoms with E-state index < -0.39 is 0 Å². The van der Waals surface area contributed by atoms with Crippen molar-refractivity contribution < 1.29 is 0 Å². The van der Waals surface area contributed by atoms with Crippen LogP contribution in [0.3, 0.4) is 0 Å². The summed E-state index contributed by atoms with van der Waals surface area (Å²) in [4.78, 5) is 0. The number of nitrogens with one attached hydrogen (secondary N) is 1. The maximum atomic E-state index is 3.69. The molecule has 1 heterocycles. The van der Waals surface area contributed by atoms with Crippen molar-refractivity contribution in [2.75, 3.05) is 6.54 Å². The van der Waals surface area contributed by atoms with Crippen LogP contribution < -0.4 is 5.32 Å². The third kappa shape index (κ3) is 3.56. The molecule has 0 bridgehead atoms. The van der Waals surface area contributed by atoms with Crippen LogP contribution >= 0.6 is 15.9 Å². The van der Waals surface area contributed by atoms with E-state index in [4.69, 9.17) is 0 Å². The summed E-state index contributed by atoms with van der Waals surface area (Å²) in [6.07, 6.45) is 5.20. The van der Waals surface area contributed by atoms with Crippen LogP contribution in [-0.4, -0.2) is 12.6 Å². The Morgan fingerprint density at radius 2 is 2.18 bits per heavy atom. The van der Waals surface area contributed by atoms with Crippen LogP contribution in [0.5, 0.6) is 0 Å². The summed E-state index contributed by atoms with van der Waals surface area (Å²) >= 11 is 3.69. The first-order valence-corrected chi connectivity index (χ1v) is 7.48. The SMILES string of the molecule is CC(C)c1ccc(CC2CCCCN2)cc1Br. The minimum Gasteiger partial charge on any atom is -0.314 e. The van der Waals surface area contributed by atoms with E-state index in [2.05, 4.69) is 53.3 Å². The molecule has 1 fully saturated rings. The lowest BCUT2D eigenvalue weighted by Crippen LogP contribution is -2.35. The molecule has 0 radical (unpaired) electrons. The zero-order valence-corrected chi connectivity index (χ0v) is 12.4. The van der Waals surface area contributed by atoms with E-state index in [-0.39, 0.29) is 0 Å². The van der Waals surface area contributed by atoms with Crippen molar-refractivity contribution in [3.05, 3.63) is 33.8 Å². The molecule has 1 aromatic rings. The minimum atomic E-state index is 0.589. The zero-order chi connectivity index (χ0) is 12.3. The monoisotopic (exact) mass is 295 g/mol. The van der Waals surface area contributed by atoms with Gasteiger partial charge in [0.25, 0.3) is 0 Å². The zero-order valence-electron chi connectivity index (χ0n) is 10.8. The van der Waals surface area contributed by atoms with Gasteiger partial charge in [-0.15, -0.1) is 0 Å². The highest BCUT2D eigenvalue weighted by molar-refractivity contribution is 9.10. The van der Waals surface area contributed by atoms with Crippen LogP contribution in [-0.2, 0) is 6.42 Å². The molecule has 0 aromatic heterocycles. The Labute approximate surface area is 113 Å². The molecule has 1 saturated heterocycles. The Morgan fingerprint density at radius 3 is 2.76 bits per heavy atom. The lowest BCUT2D eigenvalue weighted by molar-refractivity contribution is 0.399. The van der Waals surface area contributed by atoms with Gasteiger partial charge in [-0.3, -0.25) is 0 Å². The van der Waals surface area contributed by atoms with Gasteiger partial charge in [0.1, 0.15) is 0 Å². The summed E-state index contributed by atoms with van der Waals surface area (Å²) in [6.45, 7) is 5.67. The lowest BCUT2D eigenvalue weighted by Gasteiger charge is -2.23. The minimum absolute atomic E-state index is 0.589. The molecule has 1 unspecified atom stereocenters. The second kappa shape index (κ2) is 6.01. The molecule has 1 nitrogen and oxygen atoms in total. The highest BCUT2D eigenvalue weighted by Gasteiger charge is 2.13. The van der Waals surface area contributed by atoms with Crippen LogP contribution in [0, 0.1) is 0 Å². The molecule has 1 atom stereocenters. The molecule has 2 heteroatoms. The highest BCUT2D eigenvalue weighted by atomic mass is 79.9. The standard InChI is InChI=1S/C15H22BrN/c1-11(2)14-7-6-12(10-15(14)16)9-13-5-3-4-8-17-13/h6-7,10-11,13,17H,3-5,8-9H2,1-2H3. The average molecular weight is 296 g/mol. The first-order chi connectivity index (χ1) is 8.16. The van der Waals surface area contributed by atoms with Crippen LogP contribution in [0.25, 0.3) is 0 Å². The number of hydrogen-bond acceptors (Lipinski definition) is 1. The molecule has 0 amide bonds. The maximum absolute atomic E-state index is 3.69. The fourth-order valence-corrected chi connectivity index (χ4v) is 3.43. The van der Waals surface area contributed by atoms with Gasteiger partial charge in [-0.1, -0.05) is 48.3 Å². The van der Waals surface area contributed by atoms with Crippen LogP contribution in [0.2, 0.25) is 0 Å². The molecule has 0 saturated carbocycles. The summed E-state index contributed by atoms with van der Waals surface area (Å²) in [5, 5.41) is 3.61. The Hall–Kier alpha value is -0.340. The topological polar surface area (TPSA) is 12.0 Å². The summed E-state index contributed by atoms with van der Waals surface area (Å²) in [5.74, 6) is 0.589. The van der Waals surface area contributed by atoms with Crippen molar-refractivity contribution in [2.24, 2.45) is 0 Å². The Morgan fingerprint density at radius 1 is 1.35 bits per heavy atom. The first kappa shape index (κ1) is 13.1. The molecule has 0 spiro atoms. The van der Waals surface area contributed by atoms with E-state index >= 15 is 0 Å². The fourth-order valence-electron chi connectivity index (χ4n) is 2.55. The number of halogens is 1. The molecule has 1 N–H and O–H groups in total. The predicted molar refractivity (Wildman–Crippen MR) is 77.6 cm³/mol. The van der Waals surface area contributed by atoms with Crippen LogP contribution in [0.4, 0.5) is 0 Å². The average Bonchev–Trinajstić information content (AvgIpc) is 2.30. The van der Waals surface area contributed by atoms with Crippen molar-refractivity contribution in [3.8, 4) is 0 Å². The number of rotatable bonds is 3. The number of benzene rings is 1. The van der Waals surface area contributed by atoms with Gasteiger partial charge < -0.3 is 5.32 Å². The quantitative estimate of drug-likeness (QED) is 0.879. The molecule has 1 aromatic carbocycles.